The summed E-state index contributed by atoms with van der Waals surface area (Å²) in [5, 5.41) is 6.65. The van der Waals surface area contributed by atoms with E-state index in [2.05, 4.69) is 34.8 Å². The molecule has 1 saturated heterocycles. The van der Waals surface area contributed by atoms with Gasteiger partial charge in [0, 0.05) is 46.2 Å². The number of hydrogen-bond acceptors (Lipinski definition) is 2. The van der Waals surface area contributed by atoms with Crippen LogP contribution in [0.2, 0.25) is 0 Å². The van der Waals surface area contributed by atoms with Gasteiger partial charge in [-0.1, -0.05) is 0 Å². The van der Waals surface area contributed by atoms with Crippen LogP contribution in [0.5, 0.6) is 0 Å². The Hall–Kier alpha value is -1.49. The average Bonchev–Trinajstić information content (AvgIpc) is 2.99. The first kappa shape index (κ1) is 13.9. The van der Waals surface area contributed by atoms with E-state index in [0.29, 0.717) is 0 Å². The zero-order chi connectivity index (χ0) is 13.7. The zero-order valence-electron chi connectivity index (χ0n) is 12.1. The minimum Gasteiger partial charge on any atom is -0.373 e. The van der Waals surface area contributed by atoms with Gasteiger partial charge in [0.05, 0.1) is 5.60 Å². The maximum atomic E-state index is 5.75. The van der Waals surface area contributed by atoms with Crippen molar-refractivity contribution in [3.63, 3.8) is 0 Å². The van der Waals surface area contributed by atoms with E-state index >= 15 is 0 Å². The lowest BCUT2D eigenvalue weighted by Gasteiger charge is -2.24. The van der Waals surface area contributed by atoms with Gasteiger partial charge in [-0.05, 0) is 31.4 Å². The molecule has 0 amide bonds. The molecule has 1 unspecified atom stereocenters. The van der Waals surface area contributed by atoms with Gasteiger partial charge >= 0.3 is 0 Å². The number of guanidine groups is 1. The molecule has 1 aliphatic rings. The standard InChI is InChI=1S/C14H24N4O/c1-14(6-4-8-19-14)11-17-13(15-2)16-9-12-5-7-18(3)10-12/h5,7,10H,4,6,8-9,11H2,1-3H3,(H2,15,16,17). The SMILES string of the molecule is CN=C(NCc1ccn(C)c1)NCC1(C)CCCO1. The van der Waals surface area contributed by atoms with Gasteiger partial charge in [0.1, 0.15) is 0 Å². The Bertz CT molecular complexity index is 432. The molecule has 106 valence electrons. The molecule has 1 aromatic rings. The molecule has 0 aliphatic carbocycles. The zero-order valence-corrected chi connectivity index (χ0v) is 12.1. The van der Waals surface area contributed by atoms with Gasteiger partial charge in [-0.3, -0.25) is 4.99 Å². The quantitative estimate of drug-likeness (QED) is 0.636. The van der Waals surface area contributed by atoms with E-state index in [1.54, 1.807) is 7.05 Å². The van der Waals surface area contributed by atoms with Crippen molar-refractivity contribution in [1.82, 2.24) is 15.2 Å². The molecule has 2 heterocycles. The first-order chi connectivity index (χ1) is 9.11. The third kappa shape index (κ3) is 3.99. The largest absolute Gasteiger partial charge is 0.373 e. The van der Waals surface area contributed by atoms with Gasteiger partial charge in [-0.2, -0.15) is 0 Å². The summed E-state index contributed by atoms with van der Waals surface area (Å²) in [5.41, 5.74) is 1.19. The van der Waals surface area contributed by atoms with Crippen LogP contribution < -0.4 is 10.6 Å². The smallest absolute Gasteiger partial charge is 0.191 e. The summed E-state index contributed by atoms with van der Waals surface area (Å²) in [6.07, 6.45) is 6.40. The minimum atomic E-state index is -0.0512. The van der Waals surface area contributed by atoms with Crippen molar-refractivity contribution in [3.8, 4) is 0 Å². The number of hydrogen-bond donors (Lipinski definition) is 2. The van der Waals surface area contributed by atoms with E-state index in [1.807, 2.05) is 17.8 Å². The summed E-state index contributed by atoms with van der Waals surface area (Å²) in [4.78, 5) is 4.23. The number of aryl methyl sites for hydroxylation is 1. The Kier molecular flexibility index (Phi) is 4.47. The van der Waals surface area contributed by atoms with Crippen molar-refractivity contribution >= 4 is 5.96 Å². The number of nitrogens with zero attached hydrogens (tertiary/aromatic N) is 2. The third-order valence-corrected chi connectivity index (χ3v) is 3.51. The first-order valence-corrected chi connectivity index (χ1v) is 6.81. The molecule has 0 radical (unpaired) electrons. The third-order valence-electron chi connectivity index (χ3n) is 3.51. The highest BCUT2D eigenvalue weighted by Gasteiger charge is 2.29. The van der Waals surface area contributed by atoms with Crippen LogP contribution in [0.1, 0.15) is 25.3 Å². The molecule has 0 aromatic carbocycles. The monoisotopic (exact) mass is 264 g/mol. The van der Waals surface area contributed by atoms with Crippen molar-refractivity contribution in [3.05, 3.63) is 24.0 Å². The van der Waals surface area contributed by atoms with Crippen LogP contribution in [-0.2, 0) is 18.3 Å². The van der Waals surface area contributed by atoms with Crippen LogP contribution in [0.3, 0.4) is 0 Å². The Balaban J connectivity index is 1.77. The lowest BCUT2D eigenvalue weighted by atomic mass is 10.0. The molecule has 2 N–H and O–H groups in total. The summed E-state index contributed by atoms with van der Waals surface area (Å²) in [6, 6.07) is 2.10. The fourth-order valence-corrected chi connectivity index (χ4v) is 2.32. The maximum absolute atomic E-state index is 5.75. The Morgan fingerprint density at radius 1 is 1.53 bits per heavy atom. The van der Waals surface area contributed by atoms with Gasteiger partial charge in [-0.25, -0.2) is 0 Å². The van der Waals surface area contributed by atoms with Gasteiger partial charge in [0.25, 0.3) is 0 Å². The highest BCUT2D eigenvalue weighted by Crippen LogP contribution is 2.23. The fraction of sp³-hybridized carbons (Fsp3) is 0.643. The molecule has 5 heteroatoms. The highest BCUT2D eigenvalue weighted by atomic mass is 16.5. The van der Waals surface area contributed by atoms with Crippen molar-refractivity contribution in [2.24, 2.45) is 12.0 Å². The van der Waals surface area contributed by atoms with Gasteiger partial charge in [0.2, 0.25) is 0 Å². The Morgan fingerprint density at radius 2 is 2.37 bits per heavy atom. The number of rotatable bonds is 4. The Labute approximate surface area is 115 Å². The molecular weight excluding hydrogens is 240 g/mol. The summed E-state index contributed by atoms with van der Waals surface area (Å²) < 4.78 is 7.80. The lowest BCUT2D eigenvalue weighted by Crippen LogP contribution is -2.45. The maximum Gasteiger partial charge on any atom is 0.191 e. The minimum absolute atomic E-state index is 0.0512. The topological polar surface area (TPSA) is 50.6 Å². The molecule has 0 saturated carbocycles. The van der Waals surface area contributed by atoms with E-state index in [4.69, 9.17) is 4.74 Å². The van der Waals surface area contributed by atoms with Crippen LogP contribution in [-0.4, -0.2) is 36.3 Å². The highest BCUT2D eigenvalue weighted by molar-refractivity contribution is 5.79. The molecular formula is C14H24N4O. The van der Waals surface area contributed by atoms with Crippen molar-refractivity contribution in [2.45, 2.75) is 31.9 Å². The molecule has 19 heavy (non-hydrogen) atoms. The fourth-order valence-electron chi connectivity index (χ4n) is 2.32. The summed E-state index contributed by atoms with van der Waals surface area (Å²) in [7, 11) is 3.81. The molecule has 1 fully saturated rings. The summed E-state index contributed by atoms with van der Waals surface area (Å²) >= 11 is 0. The van der Waals surface area contributed by atoms with Gasteiger partial charge < -0.3 is 19.9 Å². The van der Waals surface area contributed by atoms with Crippen LogP contribution in [0.4, 0.5) is 0 Å². The molecule has 1 aromatic heterocycles. The second-order valence-electron chi connectivity index (χ2n) is 5.37. The summed E-state index contributed by atoms with van der Waals surface area (Å²) in [5.74, 6) is 0.820. The first-order valence-electron chi connectivity index (χ1n) is 6.81. The second kappa shape index (κ2) is 6.10. The van der Waals surface area contributed by atoms with E-state index in [0.717, 1.165) is 38.5 Å². The Morgan fingerprint density at radius 3 is 2.95 bits per heavy atom. The molecule has 5 nitrogen and oxygen atoms in total. The molecule has 1 atom stereocenters. The van der Waals surface area contributed by atoms with Gasteiger partial charge in [-0.15, -0.1) is 0 Å². The predicted molar refractivity (Wildman–Crippen MR) is 77.2 cm³/mol. The molecule has 0 bridgehead atoms. The molecule has 0 spiro atoms. The van der Waals surface area contributed by atoms with Crippen LogP contribution >= 0.6 is 0 Å². The number of nitrogens with one attached hydrogen (secondary N) is 2. The van der Waals surface area contributed by atoms with Crippen molar-refractivity contribution < 1.29 is 4.74 Å². The summed E-state index contributed by atoms with van der Waals surface area (Å²) in [6.45, 7) is 4.59. The van der Waals surface area contributed by atoms with Crippen LogP contribution in [0.15, 0.2) is 23.5 Å². The molecule has 2 rings (SSSR count). The number of ether oxygens (including phenoxy) is 1. The molecule has 1 aliphatic heterocycles. The van der Waals surface area contributed by atoms with Crippen LogP contribution in [0.25, 0.3) is 0 Å². The van der Waals surface area contributed by atoms with E-state index in [-0.39, 0.29) is 5.60 Å². The van der Waals surface area contributed by atoms with Crippen molar-refractivity contribution in [1.29, 1.82) is 0 Å². The van der Waals surface area contributed by atoms with E-state index in [1.165, 1.54) is 5.56 Å². The number of aromatic nitrogens is 1. The van der Waals surface area contributed by atoms with Crippen molar-refractivity contribution in [2.75, 3.05) is 20.2 Å². The lowest BCUT2D eigenvalue weighted by molar-refractivity contribution is 0.0243. The van der Waals surface area contributed by atoms with Crippen LogP contribution in [0, 0.1) is 0 Å². The second-order valence-corrected chi connectivity index (χ2v) is 5.37. The average molecular weight is 264 g/mol. The van der Waals surface area contributed by atoms with Gasteiger partial charge in [0.15, 0.2) is 5.96 Å². The predicted octanol–water partition coefficient (Wildman–Crippen LogP) is 1.26. The van der Waals surface area contributed by atoms with E-state index < -0.39 is 0 Å². The van der Waals surface area contributed by atoms with E-state index in [9.17, 15) is 0 Å². The number of aliphatic imine (C=N–C) groups is 1. The normalized spacial score (nSPS) is 23.6.